The fourth-order valence-electron chi connectivity index (χ4n) is 2.68. The number of carbonyl (C=O) groups is 1. The Hall–Kier alpha value is -1.59. The Labute approximate surface area is 138 Å². The molecule has 1 saturated heterocycles. The van der Waals surface area contributed by atoms with Gasteiger partial charge in [-0.2, -0.15) is 0 Å². The zero-order valence-electron chi connectivity index (χ0n) is 14.3. The molecule has 1 aliphatic heterocycles. The van der Waals surface area contributed by atoms with E-state index in [0.29, 0.717) is 5.92 Å². The summed E-state index contributed by atoms with van der Waals surface area (Å²) in [5, 5.41) is 12.2. The summed E-state index contributed by atoms with van der Waals surface area (Å²) in [7, 11) is 0. The van der Waals surface area contributed by atoms with Crippen molar-refractivity contribution in [3.8, 4) is 0 Å². The van der Waals surface area contributed by atoms with E-state index in [0.717, 1.165) is 37.3 Å². The maximum atomic E-state index is 12.1. The van der Waals surface area contributed by atoms with E-state index in [1.165, 1.54) is 0 Å². The van der Waals surface area contributed by atoms with Crippen LogP contribution in [-0.2, 0) is 9.53 Å². The van der Waals surface area contributed by atoms with Gasteiger partial charge in [-0.05, 0) is 51.7 Å². The lowest BCUT2D eigenvalue weighted by Crippen LogP contribution is -2.35. The van der Waals surface area contributed by atoms with Crippen LogP contribution in [0.3, 0.4) is 0 Å². The number of anilines is 2. The molecule has 0 spiro atoms. The lowest BCUT2D eigenvalue weighted by atomic mass is 9.97. The van der Waals surface area contributed by atoms with Crippen LogP contribution >= 0.6 is 0 Å². The summed E-state index contributed by atoms with van der Waals surface area (Å²) in [5.41, 5.74) is 1.52. The minimum atomic E-state index is -0.330. The van der Waals surface area contributed by atoms with Gasteiger partial charge >= 0.3 is 0 Å². The number of nitrogens with one attached hydrogen (secondary N) is 1. The molecule has 2 N–H and O–H groups in total. The summed E-state index contributed by atoms with van der Waals surface area (Å²) in [4.78, 5) is 14.4. The standard InChI is InChI=1S/C18H28N2O3/c1-18(2,3)23-13-17(22)19-15-6-4-5-7-16(15)20-10-8-14(12-21)9-11-20/h4-7,14,21H,8-13H2,1-3H3,(H,19,22). The van der Waals surface area contributed by atoms with Gasteiger partial charge in [0.2, 0.25) is 5.91 Å². The highest BCUT2D eigenvalue weighted by Gasteiger charge is 2.21. The van der Waals surface area contributed by atoms with E-state index in [9.17, 15) is 9.90 Å². The molecule has 23 heavy (non-hydrogen) atoms. The number of ether oxygens (including phenoxy) is 1. The summed E-state index contributed by atoms with van der Waals surface area (Å²) < 4.78 is 5.52. The van der Waals surface area contributed by atoms with Crippen molar-refractivity contribution in [1.82, 2.24) is 0 Å². The molecule has 1 fully saturated rings. The molecule has 0 saturated carbocycles. The van der Waals surface area contributed by atoms with Crippen LogP contribution in [0.4, 0.5) is 11.4 Å². The number of amides is 1. The number of carbonyl (C=O) groups excluding carboxylic acids is 1. The van der Waals surface area contributed by atoms with Gasteiger partial charge < -0.3 is 20.1 Å². The zero-order valence-corrected chi connectivity index (χ0v) is 14.3. The van der Waals surface area contributed by atoms with Gasteiger partial charge in [-0.25, -0.2) is 0 Å². The lowest BCUT2D eigenvalue weighted by Gasteiger charge is -2.34. The number of aliphatic hydroxyl groups excluding tert-OH is 1. The molecule has 0 radical (unpaired) electrons. The molecule has 5 nitrogen and oxygen atoms in total. The van der Waals surface area contributed by atoms with Gasteiger partial charge in [0.25, 0.3) is 0 Å². The van der Waals surface area contributed by atoms with Crippen LogP contribution in [0.1, 0.15) is 33.6 Å². The first-order valence-corrected chi connectivity index (χ1v) is 8.27. The van der Waals surface area contributed by atoms with Gasteiger partial charge in [-0.15, -0.1) is 0 Å². The van der Waals surface area contributed by atoms with Gasteiger partial charge in [0.05, 0.1) is 17.0 Å². The first-order valence-electron chi connectivity index (χ1n) is 8.27. The van der Waals surface area contributed by atoms with Crippen molar-refractivity contribution >= 4 is 17.3 Å². The van der Waals surface area contributed by atoms with Crippen LogP contribution in [0.25, 0.3) is 0 Å². The number of piperidine rings is 1. The average Bonchev–Trinajstić information content (AvgIpc) is 2.53. The SMILES string of the molecule is CC(C)(C)OCC(=O)Nc1ccccc1N1CCC(CO)CC1. The maximum absolute atomic E-state index is 12.1. The van der Waals surface area contributed by atoms with Gasteiger partial charge in [0, 0.05) is 19.7 Å². The quantitative estimate of drug-likeness (QED) is 0.875. The molecule has 0 aromatic heterocycles. The molecule has 128 valence electrons. The molecular weight excluding hydrogens is 292 g/mol. The highest BCUT2D eigenvalue weighted by Crippen LogP contribution is 2.29. The molecule has 0 unspecified atom stereocenters. The molecule has 0 bridgehead atoms. The Morgan fingerprint density at radius 1 is 1.30 bits per heavy atom. The highest BCUT2D eigenvalue weighted by molar-refractivity contribution is 5.95. The second kappa shape index (κ2) is 7.79. The second-order valence-corrected chi connectivity index (χ2v) is 7.08. The van der Waals surface area contributed by atoms with Gasteiger partial charge in [-0.3, -0.25) is 4.79 Å². The highest BCUT2D eigenvalue weighted by atomic mass is 16.5. The van der Waals surface area contributed by atoms with Gasteiger partial charge in [0.15, 0.2) is 0 Å². The number of nitrogens with zero attached hydrogens (tertiary/aromatic N) is 1. The van der Waals surface area contributed by atoms with Gasteiger partial charge in [0.1, 0.15) is 6.61 Å². The third-order valence-electron chi connectivity index (χ3n) is 4.03. The summed E-state index contributed by atoms with van der Waals surface area (Å²) in [5.74, 6) is 0.255. The molecule has 5 heteroatoms. The van der Waals surface area contributed by atoms with E-state index in [-0.39, 0.29) is 24.7 Å². The van der Waals surface area contributed by atoms with Crippen molar-refractivity contribution in [2.45, 2.75) is 39.2 Å². The Balaban J connectivity index is 1.99. The lowest BCUT2D eigenvalue weighted by molar-refractivity contribution is -0.125. The maximum Gasteiger partial charge on any atom is 0.250 e. The van der Waals surface area contributed by atoms with Crippen LogP contribution in [-0.4, -0.2) is 42.9 Å². The van der Waals surface area contributed by atoms with E-state index in [4.69, 9.17) is 4.74 Å². The Bertz CT molecular complexity index is 517. The topological polar surface area (TPSA) is 61.8 Å². The third kappa shape index (κ3) is 5.52. The Morgan fingerprint density at radius 2 is 1.96 bits per heavy atom. The predicted molar refractivity (Wildman–Crippen MR) is 92.8 cm³/mol. The average molecular weight is 320 g/mol. The Morgan fingerprint density at radius 3 is 2.57 bits per heavy atom. The molecule has 0 atom stereocenters. The number of aliphatic hydroxyl groups is 1. The minimum Gasteiger partial charge on any atom is -0.396 e. The first kappa shape index (κ1) is 17.8. The summed E-state index contributed by atoms with van der Waals surface area (Å²) in [6.45, 7) is 7.90. The fourth-order valence-corrected chi connectivity index (χ4v) is 2.68. The van der Waals surface area contributed by atoms with Crippen molar-refractivity contribution in [3.63, 3.8) is 0 Å². The second-order valence-electron chi connectivity index (χ2n) is 7.08. The van der Waals surface area contributed by atoms with Crippen molar-refractivity contribution in [3.05, 3.63) is 24.3 Å². The molecule has 1 aromatic rings. The van der Waals surface area contributed by atoms with Crippen molar-refractivity contribution < 1.29 is 14.6 Å². The molecule has 1 heterocycles. The smallest absolute Gasteiger partial charge is 0.250 e. The van der Waals surface area contributed by atoms with Crippen LogP contribution in [0.15, 0.2) is 24.3 Å². The van der Waals surface area contributed by atoms with E-state index in [1.54, 1.807) is 0 Å². The number of para-hydroxylation sites is 2. The van der Waals surface area contributed by atoms with Crippen molar-refractivity contribution in [1.29, 1.82) is 0 Å². The normalized spacial score (nSPS) is 16.4. The monoisotopic (exact) mass is 320 g/mol. The molecule has 1 aliphatic rings. The van der Waals surface area contributed by atoms with Gasteiger partial charge in [-0.1, -0.05) is 12.1 Å². The summed E-state index contributed by atoms with van der Waals surface area (Å²) in [6, 6.07) is 7.85. The molecule has 1 aromatic carbocycles. The number of hydrogen-bond acceptors (Lipinski definition) is 4. The van der Waals surface area contributed by atoms with Crippen LogP contribution in [0.2, 0.25) is 0 Å². The molecular formula is C18H28N2O3. The summed E-state index contributed by atoms with van der Waals surface area (Å²) >= 11 is 0. The largest absolute Gasteiger partial charge is 0.396 e. The molecule has 2 rings (SSSR count). The van der Waals surface area contributed by atoms with E-state index in [2.05, 4.69) is 10.2 Å². The van der Waals surface area contributed by atoms with Crippen molar-refractivity contribution in [2.75, 3.05) is 36.5 Å². The van der Waals surface area contributed by atoms with E-state index < -0.39 is 0 Å². The van der Waals surface area contributed by atoms with Crippen LogP contribution in [0, 0.1) is 5.92 Å². The fraction of sp³-hybridized carbons (Fsp3) is 0.611. The number of hydrogen-bond donors (Lipinski definition) is 2. The van der Waals surface area contributed by atoms with E-state index in [1.807, 2.05) is 45.0 Å². The molecule has 1 amide bonds. The Kier molecular flexibility index (Phi) is 6.02. The predicted octanol–water partition coefficient (Wildman–Crippen LogP) is 2.65. The van der Waals surface area contributed by atoms with E-state index >= 15 is 0 Å². The molecule has 0 aliphatic carbocycles. The van der Waals surface area contributed by atoms with Crippen LogP contribution in [0.5, 0.6) is 0 Å². The van der Waals surface area contributed by atoms with Crippen LogP contribution < -0.4 is 10.2 Å². The zero-order chi connectivity index (χ0) is 16.9. The minimum absolute atomic E-state index is 0.0461. The number of rotatable bonds is 5. The number of benzene rings is 1. The third-order valence-corrected chi connectivity index (χ3v) is 4.03. The summed E-state index contributed by atoms with van der Waals surface area (Å²) in [6.07, 6.45) is 1.96. The van der Waals surface area contributed by atoms with Crippen molar-refractivity contribution in [2.24, 2.45) is 5.92 Å². The first-order chi connectivity index (χ1) is 10.9.